The first-order chi connectivity index (χ1) is 10.3. The minimum Gasteiger partial charge on any atom is -0.490 e. The van der Waals surface area contributed by atoms with Gasteiger partial charge in [0.15, 0.2) is 0 Å². The Kier molecular flexibility index (Phi) is 5.27. The highest BCUT2D eigenvalue weighted by Gasteiger charge is 2.24. The first-order valence-electron chi connectivity index (χ1n) is 7.83. The summed E-state index contributed by atoms with van der Waals surface area (Å²) in [6, 6.07) is 6.18. The van der Waals surface area contributed by atoms with Gasteiger partial charge in [-0.2, -0.15) is 0 Å². The average Bonchev–Trinajstić information content (AvgIpc) is 2.41. The molecule has 0 heterocycles. The number of carbonyl (C=O) groups excluding carboxylic acids is 1. The molecule has 0 spiro atoms. The molecule has 1 aromatic carbocycles. The van der Waals surface area contributed by atoms with Crippen molar-refractivity contribution in [2.24, 2.45) is 0 Å². The van der Waals surface area contributed by atoms with Crippen LogP contribution in [0.5, 0.6) is 5.75 Å². The largest absolute Gasteiger partial charge is 0.490 e. The Hall–Kier alpha value is -1.78. The van der Waals surface area contributed by atoms with Crippen LogP contribution in [0.3, 0.4) is 0 Å². The summed E-state index contributed by atoms with van der Waals surface area (Å²) in [5.74, 6) is 0.438. The van der Waals surface area contributed by atoms with Crippen LogP contribution in [-0.2, 0) is 0 Å². The van der Waals surface area contributed by atoms with E-state index >= 15 is 0 Å². The van der Waals surface area contributed by atoms with Crippen molar-refractivity contribution in [2.75, 3.05) is 0 Å². The van der Waals surface area contributed by atoms with Crippen molar-refractivity contribution in [3.05, 3.63) is 30.1 Å². The van der Waals surface area contributed by atoms with E-state index in [-0.39, 0.29) is 29.5 Å². The smallest absolute Gasteiger partial charge is 0.315 e. The number of benzene rings is 1. The maximum atomic E-state index is 12.9. The molecular weight excluding hydrogens is 283 g/mol. The Bertz CT molecular complexity index is 488. The highest BCUT2D eigenvalue weighted by molar-refractivity contribution is 5.74. The summed E-state index contributed by atoms with van der Waals surface area (Å²) in [6.45, 7) is 5.88. The number of halogens is 1. The maximum absolute atomic E-state index is 12.9. The van der Waals surface area contributed by atoms with Gasteiger partial charge in [-0.05, 0) is 70.7 Å². The third-order valence-corrected chi connectivity index (χ3v) is 3.61. The third kappa shape index (κ3) is 5.54. The number of rotatable bonds is 3. The molecular formula is C17H25FN2O2. The fourth-order valence-corrected chi connectivity index (χ4v) is 2.59. The molecule has 4 nitrogen and oxygen atoms in total. The lowest BCUT2D eigenvalue weighted by Crippen LogP contribution is -2.50. The van der Waals surface area contributed by atoms with Crippen LogP contribution in [-0.4, -0.2) is 23.7 Å². The second kappa shape index (κ2) is 6.99. The molecule has 2 rings (SSSR count). The predicted molar refractivity (Wildman–Crippen MR) is 84.5 cm³/mol. The molecule has 5 heteroatoms. The molecule has 1 saturated carbocycles. The Morgan fingerprint density at radius 3 is 2.27 bits per heavy atom. The zero-order chi connectivity index (χ0) is 16.2. The van der Waals surface area contributed by atoms with Crippen molar-refractivity contribution < 1.29 is 13.9 Å². The molecule has 22 heavy (non-hydrogen) atoms. The molecule has 0 saturated heterocycles. The Morgan fingerprint density at radius 2 is 1.73 bits per heavy atom. The highest BCUT2D eigenvalue weighted by atomic mass is 19.1. The van der Waals surface area contributed by atoms with E-state index in [2.05, 4.69) is 10.6 Å². The Labute approximate surface area is 131 Å². The van der Waals surface area contributed by atoms with Crippen LogP contribution in [0.4, 0.5) is 9.18 Å². The molecule has 0 atom stereocenters. The molecule has 1 aromatic rings. The fraction of sp³-hybridized carbons (Fsp3) is 0.588. The molecule has 1 fully saturated rings. The van der Waals surface area contributed by atoms with Crippen molar-refractivity contribution in [1.82, 2.24) is 10.6 Å². The number of amides is 2. The van der Waals surface area contributed by atoms with Crippen LogP contribution in [0.2, 0.25) is 0 Å². The maximum Gasteiger partial charge on any atom is 0.315 e. The predicted octanol–water partition coefficient (Wildman–Crippen LogP) is 3.61. The SMILES string of the molecule is CC(C)(C)NC(=O)NC1CCC(Oc2ccc(F)cc2)CC1. The van der Waals surface area contributed by atoms with Gasteiger partial charge in [0.2, 0.25) is 0 Å². The summed E-state index contributed by atoms with van der Waals surface area (Å²) in [5.41, 5.74) is -0.229. The van der Waals surface area contributed by atoms with Crippen LogP contribution in [0.25, 0.3) is 0 Å². The van der Waals surface area contributed by atoms with Crippen molar-refractivity contribution in [1.29, 1.82) is 0 Å². The van der Waals surface area contributed by atoms with Crippen molar-refractivity contribution in [3.63, 3.8) is 0 Å². The summed E-state index contributed by atoms with van der Waals surface area (Å²) in [4.78, 5) is 11.8. The molecule has 0 aromatic heterocycles. The molecule has 0 bridgehead atoms. The topological polar surface area (TPSA) is 50.4 Å². The van der Waals surface area contributed by atoms with Gasteiger partial charge in [0, 0.05) is 11.6 Å². The normalized spacial score (nSPS) is 22.0. The van der Waals surface area contributed by atoms with Gasteiger partial charge in [-0.15, -0.1) is 0 Å². The van der Waals surface area contributed by atoms with Gasteiger partial charge in [0.05, 0.1) is 6.10 Å². The number of hydrogen-bond donors (Lipinski definition) is 2. The van der Waals surface area contributed by atoms with Crippen molar-refractivity contribution >= 4 is 6.03 Å². The zero-order valence-electron chi connectivity index (χ0n) is 13.5. The van der Waals surface area contributed by atoms with Crippen molar-refractivity contribution in [3.8, 4) is 5.75 Å². The second-order valence-electron chi connectivity index (χ2n) is 6.89. The van der Waals surface area contributed by atoms with Gasteiger partial charge < -0.3 is 15.4 Å². The lowest BCUT2D eigenvalue weighted by molar-refractivity contribution is 0.139. The van der Waals surface area contributed by atoms with Gasteiger partial charge in [0.1, 0.15) is 11.6 Å². The Balaban J connectivity index is 1.73. The van der Waals surface area contributed by atoms with Crippen molar-refractivity contribution in [2.45, 2.75) is 64.1 Å². The minimum atomic E-state index is -0.259. The molecule has 0 unspecified atom stereocenters. The van der Waals surface area contributed by atoms with Gasteiger partial charge in [-0.3, -0.25) is 0 Å². The molecule has 2 N–H and O–H groups in total. The standard InChI is InChI=1S/C17H25FN2O2/c1-17(2,3)20-16(21)19-13-6-10-15(11-7-13)22-14-8-4-12(18)5-9-14/h4-5,8-9,13,15H,6-7,10-11H2,1-3H3,(H2,19,20,21). The summed E-state index contributed by atoms with van der Waals surface area (Å²) < 4.78 is 18.7. The Morgan fingerprint density at radius 1 is 1.14 bits per heavy atom. The first kappa shape index (κ1) is 16.6. The number of hydrogen-bond acceptors (Lipinski definition) is 2. The molecule has 0 radical (unpaired) electrons. The van der Waals surface area contributed by atoms with E-state index in [0.29, 0.717) is 5.75 Å². The quantitative estimate of drug-likeness (QED) is 0.896. The summed E-state index contributed by atoms with van der Waals surface area (Å²) >= 11 is 0. The van der Waals surface area contributed by atoms with Crippen LogP contribution in [0.1, 0.15) is 46.5 Å². The fourth-order valence-electron chi connectivity index (χ4n) is 2.59. The minimum absolute atomic E-state index is 0.115. The second-order valence-corrected chi connectivity index (χ2v) is 6.89. The van der Waals surface area contributed by atoms with Crippen LogP contribution < -0.4 is 15.4 Å². The van der Waals surface area contributed by atoms with Gasteiger partial charge >= 0.3 is 6.03 Å². The summed E-state index contributed by atoms with van der Waals surface area (Å²) in [6.07, 6.45) is 3.69. The van der Waals surface area contributed by atoms with E-state index in [0.717, 1.165) is 25.7 Å². The van der Waals surface area contributed by atoms with Crippen LogP contribution in [0.15, 0.2) is 24.3 Å². The van der Waals surface area contributed by atoms with E-state index in [1.807, 2.05) is 20.8 Å². The lowest BCUT2D eigenvalue weighted by atomic mass is 9.93. The molecule has 1 aliphatic carbocycles. The molecule has 122 valence electrons. The van der Waals surface area contributed by atoms with Gasteiger partial charge in [-0.25, -0.2) is 9.18 Å². The molecule has 2 amide bonds. The summed E-state index contributed by atoms with van der Waals surface area (Å²) in [7, 11) is 0. The van der Waals surface area contributed by atoms with Gasteiger partial charge in [-0.1, -0.05) is 0 Å². The van der Waals surface area contributed by atoms with E-state index in [1.165, 1.54) is 12.1 Å². The van der Waals surface area contributed by atoms with Crippen LogP contribution >= 0.6 is 0 Å². The monoisotopic (exact) mass is 308 g/mol. The highest BCUT2D eigenvalue weighted by Crippen LogP contribution is 2.24. The van der Waals surface area contributed by atoms with E-state index < -0.39 is 0 Å². The number of ether oxygens (including phenoxy) is 1. The average molecular weight is 308 g/mol. The number of urea groups is 1. The zero-order valence-corrected chi connectivity index (χ0v) is 13.5. The molecule has 1 aliphatic rings. The third-order valence-electron chi connectivity index (χ3n) is 3.61. The lowest BCUT2D eigenvalue weighted by Gasteiger charge is -2.30. The number of nitrogens with one attached hydrogen (secondary N) is 2. The van der Waals surface area contributed by atoms with Crippen LogP contribution in [0, 0.1) is 5.82 Å². The van der Waals surface area contributed by atoms with E-state index in [4.69, 9.17) is 4.74 Å². The first-order valence-corrected chi connectivity index (χ1v) is 7.83. The summed E-state index contributed by atoms with van der Waals surface area (Å²) in [5, 5.41) is 5.92. The van der Waals surface area contributed by atoms with E-state index in [9.17, 15) is 9.18 Å². The molecule has 0 aliphatic heterocycles. The number of carbonyl (C=O) groups is 1. The van der Waals surface area contributed by atoms with E-state index in [1.54, 1.807) is 12.1 Å². The van der Waals surface area contributed by atoms with Gasteiger partial charge in [0.25, 0.3) is 0 Å².